The lowest BCUT2D eigenvalue weighted by Crippen LogP contribution is -2.56. The SMILES string of the molecule is COCCN(C(=O)NCCN1CCCC1)C(=O)[C@@H]1C[C@@H]2Cc3c(sc(N)c3N)C[C@H]2N(C)C1. The molecule has 3 amide bonds. The highest BCUT2D eigenvalue weighted by Gasteiger charge is 2.43. The molecule has 184 valence electrons. The van der Waals surface area contributed by atoms with Gasteiger partial charge < -0.3 is 31.3 Å². The fourth-order valence-electron chi connectivity index (χ4n) is 5.69. The maximum atomic E-state index is 13.5. The maximum Gasteiger partial charge on any atom is 0.324 e. The Bertz CT molecular complexity index is 855. The van der Waals surface area contributed by atoms with Gasteiger partial charge in [-0.25, -0.2) is 4.79 Å². The summed E-state index contributed by atoms with van der Waals surface area (Å²) in [6.07, 6.45) is 4.96. The number of nitrogens with one attached hydrogen (secondary N) is 1. The first-order valence-electron chi connectivity index (χ1n) is 12.0. The zero-order valence-electron chi connectivity index (χ0n) is 19.8. The number of nitrogen functional groups attached to an aromatic ring is 2. The van der Waals surface area contributed by atoms with Crippen LogP contribution in [0.4, 0.5) is 15.5 Å². The number of nitrogens with two attached hydrogens (primary N) is 2. The third-order valence-electron chi connectivity index (χ3n) is 7.51. The van der Waals surface area contributed by atoms with Gasteiger partial charge in [-0.05, 0) is 63.7 Å². The molecule has 0 unspecified atom stereocenters. The second kappa shape index (κ2) is 10.6. The van der Waals surface area contributed by atoms with Gasteiger partial charge >= 0.3 is 6.03 Å². The summed E-state index contributed by atoms with van der Waals surface area (Å²) in [5.74, 6) is -0.0141. The van der Waals surface area contributed by atoms with Crippen molar-refractivity contribution < 1.29 is 14.3 Å². The molecule has 0 aromatic carbocycles. The van der Waals surface area contributed by atoms with Crippen molar-refractivity contribution in [2.75, 3.05) is 71.5 Å². The van der Waals surface area contributed by atoms with Crippen LogP contribution in [-0.2, 0) is 22.4 Å². The summed E-state index contributed by atoms with van der Waals surface area (Å²) >= 11 is 1.60. The van der Waals surface area contributed by atoms with Crippen LogP contribution in [0.3, 0.4) is 0 Å². The van der Waals surface area contributed by atoms with Crippen molar-refractivity contribution in [1.29, 1.82) is 0 Å². The van der Waals surface area contributed by atoms with Gasteiger partial charge in [0.1, 0.15) is 5.00 Å². The number of fused-ring (bicyclic) bond motifs is 2. The summed E-state index contributed by atoms with van der Waals surface area (Å²) in [6.45, 7) is 4.78. The van der Waals surface area contributed by atoms with Crippen molar-refractivity contribution in [3.8, 4) is 0 Å². The lowest BCUT2D eigenvalue weighted by Gasteiger charge is -2.45. The predicted octanol–water partition coefficient (Wildman–Crippen LogP) is 1.23. The normalized spacial score (nSPS) is 25.5. The van der Waals surface area contributed by atoms with Gasteiger partial charge in [-0.15, -0.1) is 11.3 Å². The van der Waals surface area contributed by atoms with E-state index in [9.17, 15) is 9.59 Å². The van der Waals surface area contributed by atoms with Crippen LogP contribution in [0, 0.1) is 11.8 Å². The Balaban J connectivity index is 1.40. The van der Waals surface area contributed by atoms with Gasteiger partial charge in [0.25, 0.3) is 0 Å². The molecular formula is C23H38N6O3S. The Labute approximate surface area is 200 Å². The first-order chi connectivity index (χ1) is 15.9. The number of piperidine rings is 1. The molecule has 3 atom stereocenters. The number of rotatable bonds is 7. The second-order valence-corrected chi connectivity index (χ2v) is 10.8. The molecule has 3 heterocycles. The van der Waals surface area contributed by atoms with E-state index in [0.29, 0.717) is 42.3 Å². The van der Waals surface area contributed by atoms with Crippen LogP contribution in [0.25, 0.3) is 0 Å². The number of hydrogen-bond donors (Lipinski definition) is 3. The largest absolute Gasteiger partial charge is 0.396 e. The molecule has 2 aliphatic heterocycles. The number of carbonyl (C=O) groups is 2. The summed E-state index contributed by atoms with van der Waals surface area (Å²) in [5.41, 5.74) is 14.2. The number of thiophene rings is 1. The molecule has 0 radical (unpaired) electrons. The molecule has 9 nitrogen and oxygen atoms in total. The Kier molecular flexibility index (Phi) is 7.78. The number of nitrogens with zero attached hydrogens (tertiary/aromatic N) is 3. The molecule has 0 saturated carbocycles. The fourth-order valence-corrected chi connectivity index (χ4v) is 6.76. The molecule has 2 fully saturated rings. The highest BCUT2D eigenvalue weighted by atomic mass is 32.1. The van der Waals surface area contributed by atoms with Crippen molar-refractivity contribution in [3.63, 3.8) is 0 Å². The van der Waals surface area contributed by atoms with Crippen molar-refractivity contribution in [2.45, 2.75) is 38.1 Å². The molecule has 33 heavy (non-hydrogen) atoms. The quantitative estimate of drug-likeness (QED) is 0.540. The van der Waals surface area contributed by atoms with E-state index in [1.165, 1.54) is 22.6 Å². The third kappa shape index (κ3) is 5.29. The van der Waals surface area contributed by atoms with Crippen LogP contribution in [0.15, 0.2) is 0 Å². The number of carbonyl (C=O) groups excluding carboxylic acids is 2. The van der Waals surface area contributed by atoms with E-state index in [-0.39, 0.29) is 24.4 Å². The van der Waals surface area contributed by atoms with E-state index in [1.807, 2.05) is 0 Å². The molecule has 1 aromatic rings. The highest BCUT2D eigenvalue weighted by Crippen LogP contribution is 2.44. The topological polar surface area (TPSA) is 117 Å². The molecule has 2 saturated heterocycles. The summed E-state index contributed by atoms with van der Waals surface area (Å²) in [4.78, 5) is 33.8. The van der Waals surface area contributed by atoms with Gasteiger partial charge in [0.05, 0.1) is 24.8 Å². The van der Waals surface area contributed by atoms with Crippen LogP contribution in [0.5, 0.6) is 0 Å². The number of likely N-dealkylation sites (tertiary alicyclic amines) is 2. The van der Waals surface area contributed by atoms with E-state index in [4.69, 9.17) is 16.2 Å². The fraction of sp³-hybridized carbons (Fsp3) is 0.739. The number of ether oxygens (including phenoxy) is 1. The van der Waals surface area contributed by atoms with Crippen LogP contribution in [0.1, 0.15) is 29.7 Å². The first-order valence-corrected chi connectivity index (χ1v) is 12.9. The van der Waals surface area contributed by atoms with Crippen molar-refractivity contribution >= 4 is 34.0 Å². The third-order valence-corrected chi connectivity index (χ3v) is 8.61. The van der Waals surface area contributed by atoms with Crippen LogP contribution < -0.4 is 16.8 Å². The summed E-state index contributed by atoms with van der Waals surface area (Å²) in [6, 6.07) is 0.0579. The predicted molar refractivity (Wildman–Crippen MR) is 131 cm³/mol. The van der Waals surface area contributed by atoms with E-state index < -0.39 is 0 Å². The van der Waals surface area contributed by atoms with Gasteiger partial charge in [0.2, 0.25) is 5.91 Å². The molecule has 1 aromatic heterocycles. The Morgan fingerprint density at radius 3 is 2.73 bits per heavy atom. The van der Waals surface area contributed by atoms with E-state index in [0.717, 1.165) is 44.5 Å². The highest BCUT2D eigenvalue weighted by molar-refractivity contribution is 7.16. The molecule has 5 N–H and O–H groups in total. The number of amides is 3. The van der Waals surface area contributed by atoms with Gasteiger partial charge in [0, 0.05) is 37.7 Å². The lowest BCUT2D eigenvalue weighted by molar-refractivity contribution is -0.136. The molecule has 0 bridgehead atoms. The van der Waals surface area contributed by atoms with Crippen molar-refractivity contribution in [1.82, 2.24) is 20.0 Å². The molecular weight excluding hydrogens is 440 g/mol. The summed E-state index contributed by atoms with van der Waals surface area (Å²) in [7, 11) is 3.67. The van der Waals surface area contributed by atoms with E-state index in [2.05, 4.69) is 22.2 Å². The molecule has 1 aliphatic carbocycles. The van der Waals surface area contributed by atoms with E-state index >= 15 is 0 Å². The Morgan fingerprint density at radius 2 is 2.00 bits per heavy atom. The minimum atomic E-state index is -0.318. The van der Waals surface area contributed by atoms with Crippen LogP contribution in [-0.4, -0.2) is 92.7 Å². The number of imide groups is 1. The second-order valence-electron chi connectivity index (χ2n) is 9.65. The average Bonchev–Trinajstić information content (AvgIpc) is 3.41. The van der Waals surface area contributed by atoms with Crippen molar-refractivity contribution in [3.05, 3.63) is 10.4 Å². The lowest BCUT2D eigenvalue weighted by atomic mass is 9.74. The number of anilines is 2. The molecule has 0 spiro atoms. The first kappa shape index (κ1) is 24.3. The van der Waals surface area contributed by atoms with E-state index in [1.54, 1.807) is 18.4 Å². The monoisotopic (exact) mass is 478 g/mol. The summed E-state index contributed by atoms with van der Waals surface area (Å²) < 4.78 is 5.19. The molecule has 3 aliphatic rings. The number of methoxy groups -OCH3 is 1. The summed E-state index contributed by atoms with van der Waals surface area (Å²) in [5, 5.41) is 3.65. The van der Waals surface area contributed by atoms with Crippen LogP contribution in [0.2, 0.25) is 0 Å². The maximum absolute atomic E-state index is 13.5. The standard InChI is InChI=1S/C23H38N6O3S/c1-27-14-16(11-15-12-17-19(13-18(15)27)33-21(25)20(17)24)22(30)29(9-10-32-2)23(31)26-5-8-28-6-3-4-7-28/h15-16,18H,3-14,24-25H2,1-2H3,(H,26,31)/t15-,16-,18-/m1/s1. The number of likely N-dealkylation sites (N-methyl/N-ethyl adjacent to an activating group) is 1. The minimum Gasteiger partial charge on any atom is -0.396 e. The van der Waals surface area contributed by atoms with Gasteiger partial charge in [-0.1, -0.05) is 0 Å². The van der Waals surface area contributed by atoms with Gasteiger partial charge in [0.15, 0.2) is 0 Å². The Morgan fingerprint density at radius 1 is 1.24 bits per heavy atom. The number of hydrogen-bond acceptors (Lipinski definition) is 8. The zero-order valence-corrected chi connectivity index (χ0v) is 20.7. The van der Waals surface area contributed by atoms with Crippen molar-refractivity contribution in [2.24, 2.45) is 11.8 Å². The van der Waals surface area contributed by atoms with Crippen LogP contribution >= 0.6 is 11.3 Å². The zero-order chi connectivity index (χ0) is 23.5. The molecule has 10 heteroatoms. The Hall–Kier alpha value is -1.88. The molecule has 4 rings (SSSR count). The smallest absolute Gasteiger partial charge is 0.324 e. The average molecular weight is 479 g/mol. The number of urea groups is 1. The minimum absolute atomic E-state index is 0.111. The van der Waals surface area contributed by atoms with Gasteiger partial charge in [-0.2, -0.15) is 0 Å². The van der Waals surface area contributed by atoms with Gasteiger partial charge in [-0.3, -0.25) is 9.69 Å².